The zero-order valence-electron chi connectivity index (χ0n) is 15.0. The van der Waals surface area contributed by atoms with Gasteiger partial charge in [-0.15, -0.1) is 0 Å². The fraction of sp³-hybridized carbons (Fsp3) is 0.211. The number of carbonyl (C=O) groups excluding carboxylic acids is 1. The van der Waals surface area contributed by atoms with Crippen molar-refractivity contribution >= 4 is 11.9 Å². The fourth-order valence-electron chi connectivity index (χ4n) is 3.20. The Balaban J connectivity index is 1.77. The van der Waals surface area contributed by atoms with E-state index in [0.717, 1.165) is 0 Å². The molecule has 1 aromatic carbocycles. The average molecular weight is 380 g/mol. The van der Waals surface area contributed by atoms with E-state index in [0.29, 0.717) is 47.0 Å². The largest absolute Gasteiger partial charge is 0.477 e. The van der Waals surface area contributed by atoms with Crippen LogP contribution in [0.4, 0.5) is 10.3 Å². The van der Waals surface area contributed by atoms with Crippen LogP contribution in [0.25, 0.3) is 11.3 Å². The second-order valence-corrected chi connectivity index (χ2v) is 6.23. The van der Waals surface area contributed by atoms with Crippen molar-refractivity contribution in [2.24, 2.45) is 0 Å². The summed E-state index contributed by atoms with van der Waals surface area (Å²) in [5, 5.41) is 2.92. The highest BCUT2D eigenvalue weighted by atomic mass is 19.1. The fourth-order valence-corrected chi connectivity index (χ4v) is 3.20. The number of hydrogen-bond acceptors (Lipinski definition) is 7. The van der Waals surface area contributed by atoms with Crippen LogP contribution < -0.4 is 15.8 Å². The normalized spacial score (nSPS) is 15.6. The molecule has 3 N–H and O–H groups in total. The second kappa shape index (κ2) is 7.18. The summed E-state index contributed by atoms with van der Waals surface area (Å²) in [6.07, 6.45) is 4.82. The number of benzene rings is 1. The molecular formula is C19H17FN6O2. The minimum atomic E-state index is -0.428. The first kappa shape index (κ1) is 17.8. The van der Waals surface area contributed by atoms with Crippen LogP contribution in [0.3, 0.4) is 0 Å². The zero-order chi connectivity index (χ0) is 19.7. The second-order valence-electron chi connectivity index (χ2n) is 6.23. The van der Waals surface area contributed by atoms with E-state index in [4.69, 9.17) is 10.5 Å². The van der Waals surface area contributed by atoms with Crippen LogP contribution in [0.2, 0.25) is 0 Å². The molecule has 4 rings (SSSR count). The zero-order valence-corrected chi connectivity index (χ0v) is 15.0. The highest BCUT2D eigenvalue weighted by Gasteiger charge is 2.29. The Morgan fingerprint density at radius 3 is 2.93 bits per heavy atom. The summed E-state index contributed by atoms with van der Waals surface area (Å²) in [7, 11) is 0. The summed E-state index contributed by atoms with van der Waals surface area (Å²) in [6, 6.07) is 3.90. The van der Waals surface area contributed by atoms with Crippen molar-refractivity contribution in [3.05, 3.63) is 59.4 Å². The minimum Gasteiger partial charge on any atom is -0.477 e. The maximum Gasteiger partial charge on any atom is 0.255 e. The number of nitrogens with two attached hydrogens (primary N) is 1. The molecule has 0 saturated carbocycles. The van der Waals surface area contributed by atoms with Gasteiger partial charge in [0.25, 0.3) is 5.91 Å². The molecule has 3 aromatic rings. The molecule has 0 aliphatic carbocycles. The highest BCUT2D eigenvalue weighted by molar-refractivity contribution is 5.96. The van der Waals surface area contributed by atoms with Gasteiger partial charge in [-0.3, -0.25) is 9.78 Å². The molecule has 8 nitrogen and oxygen atoms in total. The Morgan fingerprint density at radius 2 is 2.11 bits per heavy atom. The van der Waals surface area contributed by atoms with Crippen molar-refractivity contribution in [1.82, 2.24) is 25.3 Å². The number of nitrogens with zero attached hydrogens (tertiary/aromatic N) is 4. The molecule has 9 heteroatoms. The van der Waals surface area contributed by atoms with Gasteiger partial charge in [0.1, 0.15) is 5.82 Å². The molecule has 28 heavy (non-hydrogen) atoms. The van der Waals surface area contributed by atoms with Crippen LogP contribution >= 0.6 is 0 Å². The SMILES string of the molecule is CCOc1cncc(-c2cc(F)ccc2C2Cc3nc(N)ncc3C(=O)N2)n1. The smallest absolute Gasteiger partial charge is 0.255 e. The van der Waals surface area contributed by atoms with E-state index < -0.39 is 11.9 Å². The van der Waals surface area contributed by atoms with Gasteiger partial charge in [0.15, 0.2) is 0 Å². The Hall–Kier alpha value is -3.62. The number of halogens is 1. The topological polar surface area (TPSA) is 116 Å². The first-order valence-corrected chi connectivity index (χ1v) is 8.72. The summed E-state index contributed by atoms with van der Waals surface area (Å²) < 4.78 is 19.4. The molecule has 1 aliphatic heterocycles. The molecule has 0 radical (unpaired) electrons. The van der Waals surface area contributed by atoms with Crippen molar-refractivity contribution in [2.45, 2.75) is 19.4 Å². The van der Waals surface area contributed by atoms with Crippen LogP contribution in [-0.2, 0) is 6.42 Å². The molecule has 3 heterocycles. The molecule has 1 aliphatic rings. The summed E-state index contributed by atoms with van der Waals surface area (Å²) >= 11 is 0. The van der Waals surface area contributed by atoms with Crippen LogP contribution in [0.5, 0.6) is 5.88 Å². The third-order valence-corrected chi connectivity index (χ3v) is 4.41. The molecule has 0 bridgehead atoms. The number of aromatic nitrogens is 4. The molecular weight excluding hydrogens is 363 g/mol. The first-order valence-electron chi connectivity index (χ1n) is 8.72. The van der Waals surface area contributed by atoms with E-state index in [1.165, 1.54) is 30.7 Å². The van der Waals surface area contributed by atoms with Crippen LogP contribution in [0, 0.1) is 5.82 Å². The number of anilines is 1. The van der Waals surface area contributed by atoms with Gasteiger partial charge in [0.2, 0.25) is 11.8 Å². The molecule has 1 atom stereocenters. The van der Waals surface area contributed by atoms with E-state index in [1.54, 1.807) is 6.07 Å². The maximum absolute atomic E-state index is 14.0. The van der Waals surface area contributed by atoms with Crippen molar-refractivity contribution in [3.63, 3.8) is 0 Å². The number of amides is 1. The Bertz CT molecular complexity index is 1060. The monoisotopic (exact) mass is 380 g/mol. The number of nitrogen functional groups attached to an aromatic ring is 1. The van der Waals surface area contributed by atoms with Gasteiger partial charge in [-0.2, -0.15) is 0 Å². The highest BCUT2D eigenvalue weighted by Crippen LogP contribution is 2.32. The minimum absolute atomic E-state index is 0.0989. The van der Waals surface area contributed by atoms with Crippen LogP contribution in [0.1, 0.15) is 34.6 Å². The van der Waals surface area contributed by atoms with E-state index in [1.807, 2.05) is 6.92 Å². The van der Waals surface area contributed by atoms with Crippen LogP contribution in [0.15, 0.2) is 36.8 Å². The summed E-state index contributed by atoms with van der Waals surface area (Å²) in [5.74, 6) is -0.289. The predicted molar refractivity (Wildman–Crippen MR) is 99.0 cm³/mol. The molecule has 2 aromatic heterocycles. The predicted octanol–water partition coefficient (Wildman–Crippen LogP) is 2.08. The lowest BCUT2D eigenvalue weighted by atomic mass is 9.91. The molecule has 1 amide bonds. The van der Waals surface area contributed by atoms with Crippen molar-refractivity contribution in [1.29, 1.82) is 0 Å². The van der Waals surface area contributed by atoms with Crippen molar-refractivity contribution in [3.8, 4) is 17.1 Å². The van der Waals surface area contributed by atoms with Gasteiger partial charge in [0.05, 0.1) is 42.0 Å². The van der Waals surface area contributed by atoms with Crippen molar-refractivity contribution < 1.29 is 13.9 Å². The number of ether oxygens (including phenoxy) is 1. The van der Waals surface area contributed by atoms with Gasteiger partial charge in [-0.25, -0.2) is 19.3 Å². The number of nitrogens with one attached hydrogen (secondary N) is 1. The number of carbonyl (C=O) groups is 1. The number of fused-ring (bicyclic) bond motifs is 1. The average Bonchev–Trinajstić information content (AvgIpc) is 2.68. The summed E-state index contributed by atoms with van der Waals surface area (Å²) in [6.45, 7) is 2.27. The quantitative estimate of drug-likeness (QED) is 0.712. The number of rotatable bonds is 4. The molecule has 142 valence electrons. The van der Waals surface area contributed by atoms with E-state index in [2.05, 4.69) is 25.3 Å². The Labute approximate surface area is 160 Å². The molecule has 0 fully saturated rings. The standard InChI is InChI=1S/C19H17FN6O2/c1-2-28-17-9-22-8-16(24-17)12-5-10(20)3-4-11(12)14-6-15-13(18(27)25-14)7-23-19(21)26-15/h3-5,7-9,14H,2,6H2,1H3,(H,25,27)(H2,21,23,26). The lowest BCUT2D eigenvalue weighted by Gasteiger charge is -2.26. The molecule has 0 spiro atoms. The Morgan fingerprint density at radius 1 is 1.25 bits per heavy atom. The van der Waals surface area contributed by atoms with E-state index >= 15 is 0 Å². The van der Waals surface area contributed by atoms with Gasteiger partial charge < -0.3 is 15.8 Å². The van der Waals surface area contributed by atoms with Crippen molar-refractivity contribution in [2.75, 3.05) is 12.3 Å². The summed E-state index contributed by atoms with van der Waals surface area (Å²) in [5.41, 5.74) is 8.25. The molecule has 1 unspecified atom stereocenters. The number of hydrogen-bond donors (Lipinski definition) is 2. The first-order chi connectivity index (χ1) is 13.5. The van der Waals surface area contributed by atoms with Gasteiger partial charge in [0, 0.05) is 18.2 Å². The third kappa shape index (κ3) is 3.34. The summed E-state index contributed by atoms with van der Waals surface area (Å²) in [4.78, 5) is 29.1. The van der Waals surface area contributed by atoms with Gasteiger partial charge in [-0.05, 0) is 24.6 Å². The Kier molecular flexibility index (Phi) is 4.56. The lowest BCUT2D eigenvalue weighted by Crippen LogP contribution is -2.36. The molecule has 0 saturated heterocycles. The lowest BCUT2D eigenvalue weighted by molar-refractivity contribution is 0.0923. The van der Waals surface area contributed by atoms with Gasteiger partial charge >= 0.3 is 0 Å². The van der Waals surface area contributed by atoms with Crippen LogP contribution in [-0.4, -0.2) is 32.4 Å². The van der Waals surface area contributed by atoms with E-state index in [-0.39, 0.29) is 11.9 Å². The maximum atomic E-state index is 14.0. The van der Waals surface area contributed by atoms with Gasteiger partial charge in [-0.1, -0.05) is 6.07 Å². The van der Waals surface area contributed by atoms with E-state index in [9.17, 15) is 9.18 Å². The third-order valence-electron chi connectivity index (χ3n) is 4.41.